The van der Waals surface area contributed by atoms with E-state index in [1.54, 1.807) is 19.9 Å². The lowest BCUT2D eigenvalue weighted by Gasteiger charge is -2.44. The summed E-state index contributed by atoms with van der Waals surface area (Å²) in [5.41, 5.74) is 11.1. The number of nitrogens with one attached hydrogen (secondary N) is 6. The number of amides is 3. The van der Waals surface area contributed by atoms with E-state index in [1.165, 1.54) is 30.3 Å². The summed E-state index contributed by atoms with van der Waals surface area (Å²) in [6.07, 6.45) is -5.67. The molecular weight excluding hydrogens is 698 g/mol. The SMILES string of the molecule is CCC(C)[C@H](NC(=O)Cc1ccccc1F)C(=O)N[C@]1(C(O)N[C@H](C(=O)NC/C(N)=N/N=N)C(C)CC)CCc2[nH]c3c(C(F)(F)F)cccc3c2C1. The topological polar surface area (TPSA) is 210 Å². The number of alkyl halides is 3. The van der Waals surface area contributed by atoms with Crippen LogP contribution in [0.3, 0.4) is 0 Å². The molecule has 1 aliphatic carbocycles. The number of H-pyrrole nitrogens is 1. The number of aromatic nitrogens is 1. The molecule has 0 saturated carbocycles. The summed E-state index contributed by atoms with van der Waals surface area (Å²) in [4.78, 5) is 43.8. The Morgan fingerprint density at radius 2 is 1.72 bits per heavy atom. The monoisotopic (exact) mass is 745 g/mol. The molecule has 3 aromatic rings. The van der Waals surface area contributed by atoms with Crippen molar-refractivity contribution in [3.63, 3.8) is 0 Å². The molecule has 1 heterocycles. The third-order valence-electron chi connectivity index (χ3n) is 10.1. The third kappa shape index (κ3) is 9.56. The van der Waals surface area contributed by atoms with Crippen LogP contribution < -0.4 is 27.0 Å². The minimum absolute atomic E-state index is 0.0317. The van der Waals surface area contributed by atoms with Crippen molar-refractivity contribution in [2.24, 2.45) is 27.9 Å². The summed E-state index contributed by atoms with van der Waals surface area (Å²) >= 11 is 0. The predicted octanol–water partition coefficient (Wildman–Crippen LogP) is 4.19. The molecule has 17 heteroatoms. The Bertz CT molecular complexity index is 1830. The predicted molar refractivity (Wildman–Crippen MR) is 190 cm³/mol. The molecule has 288 valence electrons. The molecule has 9 N–H and O–H groups in total. The normalized spacial score (nSPS) is 19.0. The van der Waals surface area contributed by atoms with E-state index < -0.39 is 65.0 Å². The number of fused-ring (bicyclic) bond motifs is 3. The van der Waals surface area contributed by atoms with Gasteiger partial charge in [0.15, 0.2) is 0 Å². The van der Waals surface area contributed by atoms with Crippen LogP contribution in [0.4, 0.5) is 17.6 Å². The highest BCUT2D eigenvalue weighted by Gasteiger charge is 2.47. The number of nitrogens with two attached hydrogens (primary N) is 1. The number of carbonyl (C=O) groups is 3. The second-order valence-corrected chi connectivity index (χ2v) is 13.7. The summed E-state index contributed by atoms with van der Waals surface area (Å²) in [6.45, 7) is 6.94. The van der Waals surface area contributed by atoms with Gasteiger partial charge < -0.3 is 31.8 Å². The second-order valence-electron chi connectivity index (χ2n) is 13.7. The number of hydrogen-bond acceptors (Lipinski definition) is 7. The number of aromatic amines is 1. The number of nitrogens with zero attached hydrogens (tertiary/aromatic N) is 2. The van der Waals surface area contributed by atoms with Crippen LogP contribution in [0, 0.1) is 23.2 Å². The van der Waals surface area contributed by atoms with Crippen molar-refractivity contribution in [2.45, 2.75) is 96.2 Å². The maximum absolute atomic E-state index is 14.4. The highest BCUT2D eigenvalue weighted by Crippen LogP contribution is 2.40. The van der Waals surface area contributed by atoms with Gasteiger partial charge in [-0.1, -0.05) is 76.1 Å². The molecule has 0 radical (unpaired) electrons. The maximum Gasteiger partial charge on any atom is 0.418 e. The molecule has 2 aromatic carbocycles. The van der Waals surface area contributed by atoms with Crippen molar-refractivity contribution in [2.75, 3.05) is 6.54 Å². The fraction of sp³-hybridized carbons (Fsp3) is 0.500. The van der Waals surface area contributed by atoms with Crippen molar-refractivity contribution in [3.05, 3.63) is 70.7 Å². The van der Waals surface area contributed by atoms with E-state index in [4.69, 9.17) is 11.3 Å². The van der Waals surface area contributed by atoms with Crippen LogP contribution >= 0.6 is 0 Å². The van der Waals surface area contributed by atoms with Crippen molar-refractivity contribution in [3.8, 4) is 0 Å². The lowest BCUT2D eigenvalue weighted by atomic mass is 9.77. The number of rotatable bonds is 16. The minimum Gasteiger partial charge on any atom is -0.384 e. The van der Waals surface area contributed by atoms with E-state index in [9.17, 15) is 37.1 Å². The van der Waals surface area contributed by atoms with Crippen molar-refractivity contribution in [1.82, 2.24) is 26.3 Å². The van der Waals surface area contributed by atoms with E-state index in [2.05, 4.69) is 36.6 Å². The largest absolute Gasteiger partial charge is 0.418 e. The van der Waals surface area contributed by atoms with Crippen molar-refractivity contribution >= 4 is 34.5 Å². The van der Waals surface area contributed by atoms with Gasteiger partial charge in [-0.15, -0.1) is 5.10 Å². The zero-order chi connectivity index (χ0) is 39.1. The first kappa shape index (κ1) is 40.9. The average Bonchev–Trinajstić information content (AvgIpc) is 3.49. The van der Waals surface area contributed by atoms with Gasteiger partial charge in [0.1, 0.15) is 23.9 Å². The summed E-state index contributed by atoms with van der Waals surface area (Å²) in [7, 11) is 0. The summed E-state index contributed by atoms with van der Waals surface area (Å²) < 4.78 is 56.5. The van der Waals surface area contributed by atoms with Gasteiger partial charge in [0, 0.05) is 17.5 Å². The molecule has 0 aliphatic heterocycles. The molecule has 1 aliphatic rings. The van der Waals surface area contributed by atoms with E-state index in [1.807, 2.05) is 13.8 Å². The first-order chi connectivity index (χ1) is 25.0. The lowest BCUT2D eigenvalue weighted by molar-refractivity contribution is -0.136. The molecule has 3 amide bonds. The summed E-state index contributed by atoms with van der Waals surface area (Å²) in [6, 6.07) is 7.39. The minimum atomic E-state index is -4.65. The van der Waals surface area contributed by atoms with Gasteiger partial charge in [0.25, 0.3) is 0 Å². The van der Waals surface area contributed by atoms with Crippen LogP contribution in [-0.2, 0) is 39.8 Å². The van der Waals surface area contributed by atoms with Gasteiger partial charge in [-0.25, -0.2) is 4.39 Å². The molecule has 0 saturated heterocycles. The smallest absolute Gasteiger partial charge is 0.384 e. The highest BCUT2D eigenvalue weighted by molar-refractivity contribution is 5.91. The standard InChI is InChI=1S/C36H47F4N9O4/c1-5-19(3)29(32(51)43-18-27(41)48-49-42)46-34(53)35(15-14-26-23(17-35)22-11-9-12-24(31(22)44-26)36(38,39)40)47-33(52)30(20(4)6-2)45-28(50)16-21-10-7-8-13-25(21)37/h7-13,19-20,29-30,34,44,46,53H,5-6,14-18H2,1-4H3,(H,43,51)(H,45,50)(H,47,52)(H3,41,42,48)/t19?,20?,29-,30-,34?,35+/m0/s1. The fourth-order valence-corrected chi connectivity index (χ4v) is 6.65. The number of carbonyl (C=O) groups excluding carboxylic acids is 3. The Balaban J connectivity index is 1.73. The van der Waals surface area contributed by atoms with Crippen LogP contribution in [-0.4, -0.2) is 64.0 Å². The van der Waals surface area contributed by atoms with Crippen molar-refractivity contribution < 1.29 is 37.1 Å². The average molecular weight is 746 g/mol. The van der Waals surface area contributed by atoms with Crippen LogP contribution in [0.2, 0.25) is 0 Å². The van der Waals surface area contributed by atoms with E-state index in [-0.39, 0.29) is 60.4 Å². The van der Waals surface area contributed by atoms with Crippen molar-refractivity contribution in [1.29, 1.82) is 5.53 Å². The van der Waals surface area contributed by atoms with Crippen LogP contribution in [0.15, 0.2) is 52.8 Å². The fourth-order valence-electron chi connectivity index (χ4n) is 6.65. The molecule has 0 fully saturated rings. The highest BCUT2D eigenvalue weighted by atomic mass is 19.4. The second kappa shape index (κ2) is 17.3. The number of aliphatic hydroxyl groups excluding tert-OH is 1. The third-order valence-corrected chi connectivity index (χ3v) is 10.1. The summed E-state index contributed by atoms with van der Waals surface area (Å²) in [5.74, 6) is -3.36. The van der Waals surface area contributed by atoms with Gasteiger partial charge in [-0.3, -0.25) is 19.7 Å². The van der Waals surface area contributed by atoms with Crippen LogP contribution in [0.1, 0.15) is 69.3 Å². The van der Waals surface area contributed by atoms with Gasteiger partial charge in [-0.2, -0.15) is 18.7 Å². The molecule has 1 aromatic heterocycles. The maximum atomic E-state index is 14.4. The number of amidine groups is 1. The molecule has 4 rings (SSSR count). The first-order valence-electron chi connectivity index (χ1n) is 17.5. The van der Waals surface area contributed by atoms with Gasteiger partial charge in [-0.05, 0) is 47.9 Å². The Kier molecular flexibility index (Phi) is 13.3. The molecular formula is C36H47F4N9O4. The molecule has 53 heavy (non-hydrogen) atoms. The van der Waals surface area contributed by atoms with E-state index in [0.29, 0.717) is 24.1 Å². The zero-order valence-electron chi connectivity index (χ0n) is 30.0. The quantitative estimate of drug-likeness (QED) is 0.0269. The van der Waals surface area contributed by atoms with Crippen LogP contribution in [0.5, 0.6) is 0 Å². The molecule has 3 unspecified atom stereocenters. The van der Waals surface area contributed by atoms with Crippen LogP contribution in [0.25, 0.3) is 10.9 Å². The number of aryl methyl sites for hydroxylation is 1. The Labute approximate surface area is 304 Å². The molecule has 0 bridgehead atoms. The lowest BCUT2D eigenvalue weighted by Crippen LogP contribution is -2.69. The Morgan fingerprint density at radius 1 is 1.04 bits per heavy atom. The summed E-state index contributed by atoms with van der Waals surface area (Å²) in [5, 5.41) is 29.8. The number of aliphatic hydroxyl groups is 1. The Hall–Kier alpha value is -4.90. The number of para-hydroxylation sites is 1. The van der Waals surface area contributed by atoms with E-state index >= 15 is 0 Å². The molecule has 0 spiro atoms. The number of hydrogen-bond donors (Lipinski definition) is 8. The zero-order valence-corrected chi connectivity index (χ0v) is 30.0. The Morgan fingerprint density at radius 3 is 2.36 bits per heavy atom. The molecule has 6 atom stereocenters. The van der Waals surface area contributed by atoms with Gasteiger partial charge in [0.05, 0.1) is 35.6 Å². The molecule has 13 nitrogen and oxygen atoms in total. The van der Waals surface area contributed by atoms with E-state index in [0.717, 1.165) is 6.07 Å². The number of benzene rings is 2. The van der Waals surface area contributed by atoms with Gasteiger partial charge >= 0.3 is 6.18 Å². The number of halogens is 4. The first-order valence-corrected chi connectivity index (χ1v) is 17.5. The van der Waals surface area contributed by atoms with Gasteiger partial charge in [0.2, 0.25) is 17.7 Å².